The van der Waals surface area contributed by atoms with Crippen LogP contribution in [0.1, 0.15) is 10.4 Å². The number of carbonyl (C=O) groups is 1. The van der Waals surface area contributed by atoms with Crippen LogP contribution in [-0.2, 0) is 0 Å². The van der Waals surface area contributed by atoms with Crippen molar-refractivity contribution < 1.29 is 13.9 Å². The molecular formula is C11H8ClFN4O2. The van der Waals surface area contributed by atoms with E-state index in [0.717, 1.165) is 6.20 Å². The summed E-state index contributed by atoms with van der Waals surface area (Å²) < 4.78 is 18.2. The van der Waals surface area contributed by atoms with E-state index in [9.17, 15) is 9.18 Å². The molecule has 1 amide bonds. The van der Waals surface area contributed by atoms with E-state index in [1.54, 1.807) is 0 Å². The minimum absolute atomic E-state index is 0.0782. The standard InChI is InChI=1S/C11H8ClFN4O2/c1-19-9-4-8(12)15-11(16-9)17-10(18)6-2-3-14-5-7(6)13/h2-5H,1H3,(H,15,16,17,18). The lowest BCUT2D eigenvalue weighted by atomic mass is 10.2. The van der Waals surface area contributed by atoms with Gasteiger partial charge in [0.25, 0.3) is 5.91 Å². The van der Waals surface area contributed by atoms with Gasteiger partial charge >= 0.3 is 0 Å². The first-order chi connectivity index (χ1) is 9.10. The Morgan fingerprint density at radius 2 is 2.26 bits per heavy atom. The summed E-state index contributed by atoms with van der Waals surface area (Å²) in [5.41, 5.74) is -0.169. The summed E-state index contributed by atoms with van der Waals surface area (Å²) in [6, 6.07) is 2.62. The Bertz CT molecular complexity index is 623. The van der Waals surface area contributed by atoms with E-state index in [-0.39, 0.29) is 22.5 Å². The van der Waals surface area contributed by atoms with E-state index < -0.39 is 11.7 Å². The van der Waals surface area contributed by atoms with Gasteiger partial charge in [-0.05, 0) is 6.07 Å². The molecule has 2 heterocycles. The van der Waals surface area contributed by atoms with E-state index in [1.807, 2.05) is 0 Å². The number of rotatable bonds is 3. The summed E-state index contributed by atoms with van der Waals surface area (Å²) in [5, 5.41) is 2.42. The highest BCUT2D eigenvalue weighted by Gasteiger charge is 2.13. The molecule has 2 aromatic heterocycles. The smallest absolute Gasteiger partial charge is 0.261 e. The fraction of sp³-hybridized carbons (Fsp3) is 0.0909. The van der Waals surface area contributed by atoms with Crippen molar-refractivity contribution in [2.75, 3.05) is 12.4 Å². The van der Waals surface area contributed by atoms with Gasteiger partial charge in [0, 0.05) is 12.3 Å². The van der Waals surface area contributed by atoms with Crippen molar-refractivity contribution in [2.24, 2.45) is 0 Å². The van der Waals surface area contributed by atoms with Crippen LogP contribution in [0.3, 0.4) is 0 Å². The van der Waals surface area contributed by atoms with E-state index in [4.69, 9.17) is 16.3 Å². The fourth-order valence-corrected chi connectivity index (χ4v) is 1.46. The highest BCUT2D eigenvalue weighted by atomic mass is 35.5. The van der Waals surface area contributed by atoms with Gasteiger partial charge in [-0.3, -0.25) is 15.1 Å². The van der Waals surface area contributed by atoms with Gasteiger partial charge in [-0.1, -0.05) is 11.6 Å². The van der Waals surface area contributed by atoms with E-state index in [0.29, 0.717) is 0 Å². The number of hydrogen-bond acceptors (Lipinski definition) is 5. The molecule has 0 radical (unpaired) electrons. The molecule has 2 aromatic rings. The molecule has 0 saturated heterocycles. The molecule has 1 N–H and O–H groups in total. The second-order valence-electron chi connectivity index (χ2n) is 3.37. The van der Waals surface area contributed by atoms with E-state index >= 15 is 0 Å². The van der Waals surface area contributed by atoms with Gasteiger partial charge in [0.15, 0.2) is 5.82 Å². The Morgan fingerprint density at radius 3 is 2.95 bits per heavy atom. The van der Waals surface area contributed by atoms with Gasteiger partial charge in [-0.15, -0.1) is 0 Å². The van der Waals surface area contributed by atoms with Crippen molar-refractivity contribution in [3.63, 3.8) is 0 Å². The molecule has 0 unspecified atom stereocenters. The first-order valence-corrected chi connectivity index (χ1v) is 5.47. The van der Waals surface area contributed by atoms with E-state index in [1.165, 1.54) is 25.4 Å². The van der Waals surface area contributed by atoms with Gasteiger partial charge in [0.2, 0.25) is 11.8 Å². The van der Waals surface area contributed by atoms with Crippen LogP contribution >= 0.6 is 11.6 Å². The minimum Gasteiger partial charge on any atom is -0.481 e. The Labute approximate surface area is 112 Å². The molecule has 0 aromatic carbocycles. The van der Waals surface area contributed by atoms with Crippen LogP contribution in [0, 0.1) is 5.82 Å². The third-order valence-corrected chi connectivity index (χ3v) is 2.32. The molecule has 6 nitrogen and oxygen atoms in total. The molecule has 0 bridgehead atoms. The van der Waals surface area contributed by atoms with Crippen LogP contribution in [0.4, 0.5) is 10.3 Å². The second kappa shape index (κ2) is 5.57. The first-order valence-electron chi connectivity index (χ1n) is 5.09. The molecule has 0 atom stereocenters. The quantitative estimate of drug-likeness (QED) is 0.870. The third-order valence-electron chi connectivity index (χ3n) is 2.12. The Hall–Kier alpha value is -2.28. The number of aromatic nitrogens is 3. The topological polar surface area (TPSA) is 77.0 Å². The zero-order valence-corrected chi connectivity index (χ0v) is 10.5. The van der Waals surface area contributed by atoms with Crippen LogP contribution in [0.5, 0.6) is 5.88 Å². The number of carbonyl (C=O) groups excluding carboxylic acids is 1. The van der Waals surface area contributed by atoms with Crippen molar-refractivity contribution in [2.45, 2.75) is 0 Å². The Morgan fingerprint density at radius 1 is 1.47 bits per heavy atom. The highest BCUT2D eigenvalue weighted by Crippen LogP contribution is 2.16. The maximum atomic E-state index is 13.4. The van der Waals surface area contributed by atoms with E-state index in [2.05, 4.69) is 20.3 Å². The molecule has 98 valence electrons. The van der Waals surface area contributed by atoms with Crippen LogP contribution in [0.25, 0.3) is 0 Å². The summed E-state index contributed by atoms with van der Waals surface area (Å²) in [4.78, 5) is 23.0. The lowest BCUT2D eigenvalue weighted by Crippen LogP contribution is -2.16. The molecule has 2 rings (SSSR count). The molecule has 0 saturated carbocycles. The van der Waals surface area contributed by atoms with Gasteiger partial charge in [0.1, 0.15) is 5.15 Å². The fourth-order valence-electron chi connectivity index (χ4n) is 1.29. The summed E-state index contributed by atoms with van der Waals surface area (Å²) in [5.74, 6) is -1.34. The predicted molar refractivity (Wildman–Crippen MR) is 65.7 cm³/mol. The molecule has 0 aliphatic rings. The molecule has 0 fully saturated rings. The highest BCUT2D eigenvalue weighted by molar-refractivity contribution is 6.29. The Kier molecular flexibility index (Phi) is 3.86. The second-order valence-corrected chi connectivity index (χ2v) is 3.75. The number of amides is 1. The number of pyridine rings is 1. The van der Waals surface area contributed by atoms with Crippen molar-refractivity contribution >= 4 is 23.5 Å². The third kappa shape index (κ3) is 3.14. The number of nitrogens with zero attached hydrogens (tertiary/aromatic N) is 3. The molecule has 0 aliphatic carbocycles. The van der Waals surface area contributed by atoms with Gasteiger partial charge in [-0.25, -0.2) is 9.37 Å². The largest absolute Gasteiger partial charge is 0.481 e. The van der Waals surface area contributed by atoms with Crippen molar-refractivity contribution in [1.29, 1.82) is 0 Å². The minimum atomic E-state index is -0.742. The van der Waals surface area contributed by atoms with Crippen molar-refractivity contribution in [1.82, 2.24) is 15.0 Å². The zero-order valence-electron chi connectivity index (χ0n) is 9.72. The summed E-state index contributed by atoms with van der Waals surface area (Å²) in [6.07, 6.45) is 2.24. The molecule has 0 spiro atoms. The van der Waals surface area contributed by atoms with Crippen molar-refractivity contribution in [3.8, 4) is 5.88 Å². The molecule has 19 heavy (non-hydrogen) atoms. The van der Waals surface area contributed by atoms with Crippen LogP contribution in [0.15, 0.2) is 24.5 Å². The Balaban J connectivity index is 2.24. The maximum absolute atomic E-state index is 13.4. The molecule has 0 aliphatic heterocycles. The summed E-state index contributed by atoms with van der Waals surface area (Å²) in [6.45, 7) is 0. The number of methoxy groups -OCH3 is 1. The summed E-state index contributed by atoms with van der Waals surface area (Å²) in [7, 11) is 1.40. The SMILES string of the molecule is COc1cc(Cl)nc(NC(=O)c2ccncc2F)n1. The summed E-state index contributed by atoms with van der Waals surface area (Å²) >= 11 is 5.72. The van der Waals surface area contributed by atoms with Crippen LogP contribution in [-0.4, -0.2) is 28.0 Å². The number of nitrogens with one attached hydrogen (secondary N) is 1. The molecule has 8 heteroatoms. The number of hydrogen-bond donors (Lipinski definition) is 1. The predicted octanol–water partition coefficient (Wildman–Crippen LogP) is 1.92. The average molecular weight is 283 g/mol. The monoisotopic (exact) mass is 282 g/mol. The van der Waals surface area contributed by atoms with Gasteiger partial charge in [0.05, 0.1) is 18.9 Å². The maximum Gasteiger partial charge on any atom is 0.261 e. The zero-order chi connectivity index (χ0) is 13.8. The number of halogens is 2. The normalized spacial score (nSPS) is 10.1. The van der Waals surface area contributed by atoms with Gasteiger partial charge in [-0.2, -0.15) is 4.98 Å². The lowest BCUT2D eigenvalue weighted by Gasteiger charge is -2.06. The number of ether oxygens (including phenoxy) is 1. The van der Waals surface area contributed by atoms with Gasteiger partial charge < -0.3 is 4.74 Å². The van der Waals surface area contributed by atoms with Crippen LogP contribution in [0.2, 0.25) is 5.15 Å². The molecular weight excluding hydrogens is 275 g/mol. The van der Waals surface area contributed by atoms with Crippen molar-refractivity contribution in [3.05, 3.63) is 41.1 Å². The average Bonchev–Trinajstić information content (AvgIpc) is 2.38. The first kappa shape index (κ1) is 13.2. The van der Waals surface area contributed by atoms with Crippen LogP contribution < -0.4 is 10.1 Å². The lowest BCUT2D eigenvalue weighted by molar-refractivity contribution is 0.102. The number of anilines is 1.